The van der Waals surface area contributed by atoms with Crippen LogP contribution in [0.3, 0.4) is 0 Å². The second-order valence-corrected chi connectivity index (χ2v) is 7.11. The van der Waals surface area contributed by atoms with Crippen LogP contribution in [-0.2, 0) is 19.6 Å². The van der Waals surface area contributed by atoms with Gasteiger partial charge in [0.1, 0.15) is 12.1 Å². The maximum absolute atomic E-state index is 12.6. The van der Waals surface area contributed by atoms with Crippen LogP contribution in [0.5, 0.6) is 0 Å². The van der Waals surface area contributed by atoms with Gasteiger partial charge in [-0.25, -0.2) is 13.2 Å². The zero-order chi connectivity index (χ0) is 17.0. The van der Waals surface area contributed by atoms with E-state index >= 15 is 0 Å². The van der Waals surface area contributed by atoms with Gasteiger partial charge in [-0.05, 0) is 25.0 Å². The Balaban J connectivity index is 2.20. The highest BCUT2D eigenvalue weighted by Crippen LogP contribution is 2.26. The van der Waals surface area contributed by atoms with Gasteiger partial charge in [-0.3, -0.25) is 4.79 Å². The number of aliphatic carboxylic acids is 1. The molecule has 2 atom stereocenters. The monoisotopic (exact) mass is 341 g/mol. The molecule has 1 aliphatic rings. The standard InChI is InChI=1S/C14H19N3O5S/c15-9-11(14(19)20)16-13(18)12-7-4-8-17(12)23(21,22)10-5-2-1-3-6-10/h1-3,5-6,11-12H,4,7-9,15H2,(H,16,18)(H,19,20)/t11?,12-/m0/s1. The first-order valence-electron chi connectivity index (χ1n) is 7.18. The Morgan fingerprint density at radius 1 is 1.35 bits per heavy atom. The van der Waals surface area contributed by atoms with Crippen molar-refractivity contribution in [3.05, 3.63) is 30.3 Å². The van der Waals surface area contributed by atoms with E-state index in [-0.39, 0.29) is 18.0 Å². The van der Waals surface area contributed by atoms with E-state index in [0.29, 0.717) is 12.8 Å². The first-order valence-corrected chi connectivity index (χ1v) is 8.62. The van der Waals surface area contributed by atoms with Gasteiger partial charge in [-0.2, -0.15) is 4.31 Å². The van der Waals surface area contributed by atoms with Gasteiger partial charge in [0.15, 0.2) is 0 Å². The summed E-state index contributed by atoms with van der Waals surface area (Å²) in [5.41, 5.74) is 5.30. The van der Waals surface area contributed by atoms with Crippen LogP contribution in [0, 0.1) is 0 Å². The lowest BCUT2D eigenvalue weighted by Gasteiger charge is -2.24. The van der Waals surface area contributed by atoms with E-state index < -0.39 is 34.0 Å². The first kappa shape index (κ1) is 17.4. The third-order valence-electron chi connectivity index (χ3n) is 3.71. The minimum atomic E-state index is -3.80. The Morgan fingerprint density at radius 2 is 2.00 bits per heavy atom. The van der Waals surface area contributed by atoms with Crippen LogP contribution < -0.4 is 11.1 Å². The average Bonchev–Trinajstić information content (AvgIpc) is 3.03. The number of rotatable bonds is 6. The van der Waals surface area contributed by atoms with Crippen LogP contribution >= 0.6 is 0 Å². The molecule has 0 saturated carbocycles. The van der Waals surface area contributed by atoms with Crippen LogP contribution in [0.15, 0.2) is 35.2 Å². The summed E-state index contributed by atoms with van der Waals surface area (Å²) in [4.78, 5) is 23.3. The fourth-order valence-electron chi connectivity index (χ4n) is 2.51. The lowest BCUT2D eigenvalue weighted by molar-refractivity contribution is -0.142. The number of nitrogens with zero attached hydrogens (tertiary/aromatic N) is 1. The summed E-state index contributed by atoms with van der Waals surface area (Å²) in [7, 11) is -3.80. The molecule has 0 radical (unpaired) electrons. The molecule has 1 saturated heterocycles. The van der Waals surface area contributed by atoms with E-state index in [9.17, 15) is 18.0 Å². The molecule has 23 heavy (non-hydrogen) atoms. The zero-order valence-corrected chi connectivity index (χ0v) is 13.2. The van der Waals surface area contributed by atoms with Gasteiger partial charge in [0.05, 0.1) is 4.90 Å². The fraction of sp³-hybridized carbons (Fsp3) is 0.429. The summed E-state index contributed by atoms with van der Waals surface area (Å²) < 4.78 is 26.4. The molecule has 8 nitrogen and oxygen atoms in total. The number of benzene rings is 1. The smallest absolute Gasteiger partial charge is 0.327 e. The van der Waals surface area contributed by atoms with Crippen molar-refractivity contribution >= 4 is 21.9 Å². The van der Waals surface area contributed by atoms with Crippen LogP contribution in [0.25, 0.3) is 0 Å². The topological polar surface area (TPSA) is 130 Å². The summed E-state index contributed by atoms with van der Waals surface area (Å²) in [5, 5.41) is 11.2. The number of nitrogens with two attached hydrogens (primary N) is 1. The van der Waals surface area contributed by atoms with Gasteiger partial charge in [-0.15, -0.1) is 0 Å². The number of carboxylic acid groups (broad SMARTS) is 1. The predicted octanol–water partition coefficient (Wildman–Crippen LogP) is -0.632. The summed E-state index contributed by atoms with van der Waals surface area (Å²) >= 11 is 0. The van der Waals surface area contributed by atoms with E-state index in [1.807, 2.05) is 0 Å². The highest BCUT2D eigenvalue weighted by Gasteiger charge is 2.40. The molecule has 0 aliphatic carbocycles. The maximum Gasteiger partial charge on any atom is 0.327 e. The van der Waals surface area contributed by atoms with Crippen LogP contribution in [0.1, 0.15) is 12.8 Å². The molecule has 1 aromatic carbocycles. The van der Waals surface area contributed by atoms with Gasteiger partial charge in [-0.1, -0.05) is 18.2 Å². The highest BCUT2D eigenvalue weighted by atomic mass is 32.2. The Morgan fingerprint density at radius 3 is 2.57 bits per heavy atom. The largest absolute Gasteiger partial charge is 0.480 e. The molecule has 126 valence electrons. The lowest BCUT2D eigenvalue weighted by atomic mass is 10.2. The zero-order valence-electron chi connectivity index (χ0n) is 12.4. The van der Waals surface area contributed by atoms with Gasteiger partial charge in [0.25, 0.3) is 0 Å². The first-order chi connectivity index (χ1) is 10.9. The number of hydrogen-bond donors (Lipinski definition) is 3. The maximum atomic E-state index is 12.6. The summed E-state index contributed by atoms with van der Waals surface area (Å²) in [5.74, 6) is -1.89. The molecule has 1 unspecified atom stereocenters. The minimum absolute atomic E-state index is 0.105. The molecule has 9 heteroatoms. The SMILES string of the molecule is NCC(NC(=O)[C@@H]1CCCN1S(=O)(=O)c1ccccc1)C(=O)O. The predicted molar refractivity (Wildman–Crippen MR) is 82.0 cm³/mol. The van der Waals surface area contributed by atoms with Crippen LogP contribution in [-0.4, -0.2) is 54.9 Å². The van der Waals surface area contributed by atoms with Gasteiger partial charge >= 0.3 is 5.97 Å². The number of sulfonamides is 1. The van der Waals surface area contributed by atoms with E-state index in [4.69, 9.17) is 10.8 Å². The summed E-state index contributed by atoms with van der Waals surface area (Å²) in [6.07, 6.45) is 0.874. The highest BCUT2D eigenvalue weighted by molar-refractivity contribution is 7.89. The molecule has 1 aliphatic heterocycles. The summed E-state index contributed by atoms with van der Waals surface area (Å²) in [6.45, 7) is -0.0467. The quantitative estimate of drug-likeness (QED) is 0.631. The molecule has 0 spiro atoms. The van der Waals surface area contributed by atoms with Crippen LogP contribution in [0.4, 0.5) is 0 Å². The fourth-order valence-corrected chi connectivity index (χ4v) is 4.18. The average molecular weight is 341 g/mol. The van der Waals surface area contributed by atoms with Crippen molar-refractivity contribution in [2.24, 2.45) is 5.73 Å². The normalized spacial score (nSPS) is 20.1. The Labute approximate surface area is 134 Å². The third kappa shape index (κ3) is 3.69. The number of amides is 1. The van der Waals surface area contributed by atoms with E-state index in [2.05, 4.69) is 5.32 Å². The van der Waals surface area contributed by atoms with Crippen molar-refractivity contribution in [2.45, 2.75) is 29.8 Å². The van der Waals surface area contributed by atoms with Crippen molar-refractivity contribution < 1.29 is 23.1 Å². The molecule has 1 fully saturated rings. The molecule has 0 aromatic heterocycles. The molecule has 4 N–H and O–H groups in total. The minimum Gasteiger partial charge on any atom is -0.480 e. The number of hydrogen-bond acceptors (Lipinski definition) is 5. The summed E-state index contributed by atoms with van der Waals surface area (Å²) in [6, 6.07) is 5.68. The van der Waals surface area contributed by atoms with Crippen LogP contribution in [0.2, 0.25) is 0 Å². The Bertz CT molecular complexity index is 677. The number of carbonyl (C=O) groups is 2. The second kappa shape index (κ2) is 7.07. The molecular formula is C14H19N3O5S. The molecule has 0 bridgehead atoms. The van der Waals surface area contributed by atoms with Crippen molar-refractivity contribution in [3.8, 4) is 0 Å². The Hall–Kier alpha value is -1.97. The van der Waals surface area contributed by atoms with Crippen molar-refractivity contribution in [3.63, 3.8) is 0 Å². The van der Waals surface area contributed by atoms with Gasteiger partial charge < -0.3 is 16.2 Å². The Kier molecular flexibility index (Phi) is 5.34. The van der Waals surface area contributed by atoms with Crippen molar-refractivity contribution in [1.82, 2.24) is 9.62 Å². The lowest BCUT2D eigenvalue weighted by Crippen LogP contribution is -2.53. The number of nitrogens with one attached hydrogen (secondary N) is 1. The van der Waals surface area contributed by atoms with Crippen molar-refractivity contribution in [1.29, 1.82) is 0 Å². The van der Waals surface area contributed by atoms with E-state index in [1.165, 1.54) is 12.1 Å². The van der Waals surface area contributed by atoms with E-state index in [0.717, 1.165) is 4.31 Å². The molecule has 2 rings (SSSR count). The van der Waals surface area contributed by atoms with Gasteiger partial charge in [0.2, 0.25) is 15.9 Å². The molecule has 1 amide bonds. The molecular weight excluding hydrogens is 322 g/mol. The number of carbonyl (C=O) groups excluding carboxylic acids is 1. The second-order valence-electron chi connectivity index (χ2n) is 5.22. The molecule has 1 heterocycles. The van der Waals surface area contributed by atoms with E-state index in [1.54, 1.807) is 18.2 Å². The van der Waals surface area contributed by atoms with Crippen molar-refractivity contribution in [2.75, 3.05) is 13.1 Å². The number of carboxylic acids is 1. The van der Waals surface area contributed by atoms with Gasteiger partial charge in [0, 0.05) is 13.1 Å². The molecule has 1 aromatic rings. The third-order valence-corrected chi connectivity index (χ3v) is 5.63.